The largest absolute Gasteiger partial charge is 0.486 e. The Labute approximate surface area is 197 Å². The molecule has 3 aliphatic heterocycles. The van der Waals surface area contributed by atoms with E-state index in [4.69, 9.17) is 9.47 Å². The van der Waals surface area contributed by atoms with E-state index in [0.717, 1.165) is 35.3 Å². The highest BCUT2D eigenvalue weighted by Crippen LogP contribution is 2.39. The van der Waals surface area contributed by atoms with Crippen LogP contribution in [-0.4, -0.2) is 59.5 Å². The van der Waals surface area contributed by atoms with Gasteiger partial charge in [-0.1, -0.05) is 30.3 Å². The lowest BCUT2D eigenvalue weighted by Gasteiger charge is -2.32. The first-order chi connectivity index (χ1) is 16.5. The molecule has 2 atom stereocenters. The average Bonchev–Trinajstić information content (AvgIpc) is 3.43. The Kier molecular flexibility index (Phi) is 4.97. The molecule has 4 amide bonds. The van der Waals surface area contributed by atoms with Crippen molar-refractivity contribution in [1.82, 2.24) is 15.1 Å². The van der Waals surface area contributed by atoms with Crippen LogP contribution in [0.15, 0.2) is 42.5 Å². The lowest BCUT2D eigenvalue weighted by Crippen LogP contribution is -2.51. The molecule has 3 heterocycles. The van der Waals surface area contributed by atoms with Gasteiger partial charge in [0, 0.05) is 13.0 Å². The van der Waals surface area contributed by atoms with Crippen molar-refractivity contribution in [3.05, 3.63) is 59.2 Å². The van der Waals surface area contributed by atoms with Crippen LogP contribution < -0.4 is 14.8 Å². The zero-order valence-corrected chi connectivity index (χ0v) is 18.9. The zero-order chi connectivity index (χ0) is 23.3. The smallest absolute Gasteiger partial charge is 0.325 e. The van der Waals surface area contributed by atoms with Crippen LogP contribution in [0.4, 0.5) is 4.79 Å². The molecular weight excluding hydrogens is 434 g/mol. The van der Waals surface area contributed by atoms with Gasteiger partial charge in [-0.3, -0.25) is 14.5 Å². The summed E-state index contributed by atoms with van der Waals surface area (Å²) in [7, 11) is 0. The molecule has 2 aromatic rings. The molecule has 0 bridgehead atoms. The van der Waals surface area contributed by atoms with Crippen LogP contribution in [0.5, 0.6) is 11.5 Å². The number of imide groups is 1. The van der Waals surface area contributed by atoms with Gasteiger partial charge in [0.05, 0.1) is 6.04 Å². The fourth-order valence-corrected chi connectivity index (χ4v) is 5.75. The molecule has 6 rings (SSSR count). The summed E-state index contributed by atoms with van der Waals surface area (Å²) in [6, 6.07) is 13.2. The van der Waals surface area contributed by atoms with Crippen molar-refractivity contribution in [1.29, 1.82) is 0 Å². The fourth-order valence-electron chi connectivity index (χ4n) is 5.75. The van der Waals surface area contributed by atoms with Crippen molar-refractivity contribution in [3.8, 4) is 11.5 Å². The van der Waals surface area contributed by atoms with Crippen LogP contribution in [0.3, 0.4) is 0 Å². The number of rotatable bonds is 3. The van der Waals surface area contributed by atoms with E-state index < -0.39 is 11.6 Å². The van der Waals surface area contributed by atoms with E-state index in [1.807, 2.05) is 36.4 Å². The second-order valence-electron chi connectivity index (χ2n) is 9.50. The number of likely N-dealkylation sites (tertiary alicyclic amines) is 1. The summed E-state index contributed by atoms with van der Waals surface area (Å²) in [6.45, 7) is 1.39. The third-order valence-electron chi connectivity index (χ3n) is 7.50. The summed E-state index contributed by atoms with van der Waals surface area (Å²) in [5.74, 6) is 0.894. The molecule has 2 unspecified atom stereocenters. The van der Waals surface area contributed by atoms with E-state index in [1.54, 1.807) is 4.90 Å². The van der Waals surface area contributed by atoms with Crippen molar-refractivity contribution >= 4 is 17.8 Å². The van der Waals surface area contributed by atoms with Crippen LogP contribution >= 0.6 is 0 Å². The monoisotopic (exact) mass is 461 g/mol. The minimum Gasteiger partial charge on any atom is -0.486 e. The maximum atomic E-state index is 13.4. The molecular formula is C26H27N3O5. The summed E-state index contributed by atoms with van der Waals surface area (Å²) >= 11 is 0. The van der Waals surface area contributed by atoms with Crippen molar-refractivity contribution in [2.24, 2.45) is 0 Å². The van der Waals surface area contributed by atoms with E-state index in [0.29, 0.717) is 44.1 Å². The number of aryl methyl sites for hydroxylation is 1. The number of ether oxygens (including phenoxy) is 2. The molecule has 176 valence electrons. The van der Waals surface area contributed by atoms with Gasteiger partial charge in [-0.15, -0.1) is 0 Å². The molecule has 2 fully saturated rings. The second kappa shape index (κ2) is 8.04. The summed E-state index contributed by atoms with van der Waals surface area (Å²) < 4.78 is 11.3. The van der Waals surface area contributed by atoms with Crippen LogP contribution in [0.25, 0.3) is 0 Å². The Morgan fingerprint density at radius 3 is 2.71 bits per heavy atom. The normalized spacial score (nSPS) is 25.5. The van der Waals surface area contributed by atoms with Gasteiger partial charge in [-0.25, -0.2) is 4.79 Å². The number of amides is 4. The number of hydrogen-bond donors (Lipinski definition) is 1. The molecule has 34 heavy (non-hydrogen) atoms. The average molecular weight is 462 g/mol. The molecule has 8 nitrogen and oxygen atoms in total. The third kappa shape index (κ3) is 3.40. The SMILES string of the molecule is O=C1NC2(CCc3ccccc3C2)C(=O)N1CC(=O)N1CCCC1c1ccc2c(c1)OCCO2. The summed E-state index contributed by atoms with van der Waals surface area (Å²) in [4.78, 5) is 42.5. The van der Waals surface area contributed by atoms with E-state index in [9.17, 15) is 14.4 Å². The number of carbonyl (C=O) groups is 3. The Morgan fingerprint density at radius 1 is 1.06 bits per heavy atom. The molecule has 0 saturated carbocycles. The van der Waals surface area contributed by atoms with Gasteiger partial charge in [0.2, 0.25) is 5.91 Å². The number of nitrogens with zero attached hydrogens (tertiary/aromatic N) is 2. The molecule has 0 radical (unpaired) electrons. The number of fused-ring (bicyclic) bond motifs is 2. The predicted molar refractivity (Wildman–Crippen MR) is 123 cm³/mol. The van der Waals surface area contributed by atoms with Crippen molar-refractivity contribution in [2.75, 3.05) is 26.3 Å². The summed E-state index contributed by atoms with van der Waals surface area (Å²) in [6.07, 6.45) is 3.42. The molecule has 0 aromatic heterocycles. The van der Waals surface area contributed by atoms with E-state index in [-0.39, 0.29) is 24.4 Å². The number of nitrogens with one attached hydrogen (secondary N) is 1. The minimum atomic E-state index is -0.952. The van der Waals surface area contributed by atoms with Gasteiger partial charge in [0.15, 0.2) is 11.5 Å². The highest BCUT2D eigenvalue weighted by molar-refractivity contribution is 6.09. The van der Waals surface area contributed by atoms with E-state index >= 15 is 0 Å². The number of hydrogen-bond acceptors (Lipinski definition) is 5. The van der Waals surface area contributed by atoms with E-state index in [2.05, 4.69) is 11.4 Å². The van der Waals surface area contributed by atoms with Crippen LogP contribution in [0, 0.1) is 0 Å². The van der Waals surface area contributed by atoms with Crippen molar-refractivity contribution < 1.29 is 23.9 Å². The summed E-state index contributed by atoms with van der Waals surface area (Å²) in [5, 5.41) is 2.92. The number of benzene rings is 2. The molecule has 1 spiro atoms. The van der Waals surface area contributed by atoms with Crippen LogP contribution in [0.2, 0.25) is 0 Å². The molecule has 2 aromatic carbocycles. The van der Waals surface area contributed by atoms with Gasteiger partial charge < -0.3 is 19.7 Å². The van der Waals surface area contributed by atoms with Crippen LogP contribution in [-0.2, 0) is 22.4 Å². The molecule has 8 heteroatoms. The first-order valence-electron chi connectivity index (χ1n) is 11.9. The van der Waals surface area contributed by atoms with Gasteiger partial charge in [0.1, 0.15) is 25.3 Å². The molecule has 1 aliphatic carbocycles. The standard InChI is InChI=1S/C26H27N3O5/c30-23(28-11-3-6-20(28)18-7-8-21-22(14-18)34-13-12-33-21)16-29-24(31)26(27-25(29)32)10-9-17-4-1-2-5-19(17)15-26/h1-2,4-5,7-8,14,20H,3,6,9-13,15-16H2,(H,27,32). The third-order valence-corrected chi connectivity index (χ3v) is 7.50. The lowest BCUT2D eigenvalue weighted by atomic mass is 9.78. The maximum absolute atomic E-state index is 13.4. The topological polar surface area (TPSA) is 88.2 Å². The highest BCUT2D eigenvalue weighted by atomic mass is 16.6. The fraction of sp³-hybridized carbons (Fsp3) is 0.423. The first-order valence-corrected chi connectivity index (χ1v) is 11.9. The Balaban J connectivity index is 1.18. The maximum Gasteiger partial charge on any atom is 0.325 e. The van der Waals surface area contributed by atoms with Gasteiger partial charge in [-0.05, 0) is 54.5 Å². The Bertz CT molecular complexity index is 1180. The van der Waals surface area contributed by atoms with Crippen molar-refractivity contribution in [3.63, 3.8) is 0 Å². The van der Waals surface area contributed by atoms with Gasteiger partial charge in [0.25, 0.3) is 5.91 Å². The Hall–Kier alpha value is -3.55. The summed E-state index contributed by atoms with van der Waals surface area (Å²) in [5.41, 5.74) is 2.32. The first kappa shape index (κ1) is 21.0. The quantitative estimate of drug-likeness (QED) is 0.710. The predicted octanol–water partition coefficient (Wildman–Crippen LogP) is 2.60. The van der Waals surface area contributed by atoms with Crippen LogP contribution in [0.1, 0.15) is 42.0 Å². The second-order valence-corrected chi connectivity index (χ2v) is 9.50. The molecule has 2 saturated heterocycles. The Morgan fingerprint density at radius 2 is 1.85 bits per heavy atom. The number of urea groups is 1. The van der Waals surface area contributed by atoms with Crippen molar-refractivity contribution in [2.45, 2.75) is 43.7 Å². The lowest BCUT2D eigenvalue weighted by molar-refractivity contribution is -0.139. The number of carbonyl (C=O) groups excluding carboxylic acids is 3. The van der Waals surface area contributed by atoms with Gasteiger partial charge >= 0.3 is 6.03 Å². The minimum absolute atomic E-state index is 0.111. The van der Waals surface area contributed by atoms with E-state index in [1.165, 1.54) is 5.56 Å². The zero-order valence-electron chi connectivity index (χ0n) is 18.9. The highest BCUT2D eigenvalue weighted by Gasteiger charge is 2.53. The molecule has 1 N–H and O–H groups in total. The van der Waals surface area contributed by atoms with Gasteiger partial charge in [-0.2, -0.15) is 0 Å². The molecule has 4 aliphatic rings.